The summed E-state index contributed by atoms with van der Waals surface area (Å²) in [5.74, 6) is 0.520. The molecule has 29 heavy (non-hydrogen) atoms. The molecule has 0 bridgehead atoms. The van der Waals surface area contributed by atoms with Gasteiger partial charge in [0, 0.05) is 17.5 Å². The molecule has 146 valence electrons. The van der Waals surface area contributed by atoms with Gasteiger partial charge in [-0.05, 0) is 48.7 Å². The maximum absolute atomic E-state index is 13.0. The molecule has 2 heterocycles. The molecule has 4 aromatic rings. The van der Waals surface area contributed by atoms with Gasteiger partial charge in [-0.1, -0.05) is 35.5 Å². The second kappa shape index (κ2) is 7.81. The molecule has 1 atom stereocenters. The fraction of sp³-hybridized carbons (Fsp3) is 0.182. The zero-order valence-electron chi connectivity index (χ0n) is 16.3. The number of benzene rings is 2. The lowest BCUT2D eigenvalue weighted by Crippen LogP contribution is -2.28. The number of rotatable bonds is 5. The third-order valence-electron chi connectivity index (χ3n) is 4.99. The molecule has 3 N–H and O–H groups in total. The highest BCUT2D eigenvalue weighted by Gasteiger charge is 2.17. The van der Waals surface area contributed by atoms with Crippen molar-refractivity contribution in [3.8, 4) is 5.82 Å². The molecule has 0 aliphatic rings. The highest BCUT2D eigenvalue weighted by molar-refractivity contribution is 5.96. The summed E-state index contributed by atoms with van der Waals surface area (Å²) >= 11 is 0. The third kappa shape index (κ3) is 3.72. The number of fused-ring (bicyclic) bond motifs is 1. The van der Waals surface area contributed by atoms with Gasteiger partial charge >= 0.3 is 0 Å². The lowest BCUT2D eigenvalue weighted by molar-refractivity contribution is 0.0939. The summed E-state index contributed by atoms with van der Waals surface area (Å²) in [6.45, 7) is 4.28. The Morgan fingerprint density at radius 2 is 2.03 bits per heavy atom. The Hall–Kier alpha value is -3.58. The van der Waals surface area contributed by atoms with E-state index in [-0.39, 0.29) is 11.9 Å². The van der Waals surface area contributed by atoms with Crippen LogP contribution in [0.15, 0.2) is 60.9 Å². The Morgan fingerprint density at radius 3 is 2.79 bits per heavy atom. The largest absolute Gasteiger partial charge is 0.345 e. The van der Waals surface area contributed by atoms with Crippen molar-refractivity contribution in [1.82, 2.24) is 25.3 Å². The van der Waals surface area contributed by atoms with E-state index in [0.29, 0.717) is 17.9 Å². The highest BCUT2D eigenvalue weighted by Crippen LogP contribution is 2.26. The molecule has 0 spiro atoms. The van der Waals surface area contributed by atoms with E-state index in [1.54, 1.807) is 17.1 Å². The first-order chi connectivity index (χ1) is 14.1. The highest BCUT2D eigenvalue weighted by atomic mass is 16.1. The number of aromatic nitrogens is 4. The fourth-order valence-electron chi connectivity index (χ4n) is 3.39. The first kappa shape index (κ1) is 18.8. The Labute approximate surface area is 168 Å². The van der Waals surface area contributed by atoms with Crippen LogP contribution >= 0.6 is 0 Å². The topological polar surface area (TPSA) is 98.7 Å². The van der Waals surface area contributed by atoms with Gasteiger partial charge in [0.1, 0.15) is 0 Å². The molecule has 1 amide bonds. The minimum absolute atomic E-state index is 0.131. The van der Waals surface area contributed by atoms with E-state index in [2.05, 4.69) is 20.6 Å². The van der Waals surface area contributed by atoms with Crippen LogP contribution in [0.5, 0.6) is 0 Å². The first-order valence-electron chi connectivity index (χ1n) is 9.43. The molecule has 0 radical (unpaired) electrons. The Kier molecular flexibility index (Phi) is 5.05. The van der Waals surface area contributed by atoms with Crippen LogP contribution in [0.25, 0.3) is 16.7 Å². The molecule has 2 aromatic carbocycles. The average molecular weight is 386 g/mol. The minimum Gasteiger partial charge on any atom is -0.345 e. The number of nitrogens with zero attached hydrogens (tertiary/aromatic N) is 4. The van der Waals surface area contributed by atoms with Crippen molar-refractivity contribution in [2.45, 2.75) is 26.4 Å². The van der Waals surface area contributed by atoms with Gasteiger partial charge in [-0.15, -0.1) is 5.10 Å². The molecule has 0 aliphatic heterocycles. The number of nitrogens with one attached hydrogen (secondary N) is 1. The number of aryl methyl sites for hydroxylation is 1. The molecule has 0 saturated heterocycles. The minimum atomic E-state index is -0.237. The average Bonchev–Trinajstić information content (AvgIpc) is 3.28. The maximum atomic E-state index is 13.0. The zero-order chi connectivity index (χ0) is 20.4. The van der Waals surface area contributed by atoms with Crippen molar-refractivity contribution >= 4 is 16.8 Å². The summed E-state index contributed by atoms with van der Waals surface area (Å²) in [6.07, 6.45) is 3.35. The van der Waals surface area contributed by atoms with Gasteiger partial charge in [-0.2, -0.15) is 0 Å². The summed E-state index contributed by atoms with van der Waals surface area (Å²) in [5, 5.41) is 12.0. The van der Waals surface area contributed by atoms with Crippen molar-refractivity contribution in [1.29, 1.82) is 0 Å². The number of amides is 1. The lowest BCUT2D eigenvalue weighted by atomic mass is 10.0. The van der Waals surface area contributed by atoms with Crippen LogP contribution in [0.1, 0.15) is 40.0 Å². The predicted octanol–water partition coefficient (Wildman–Crippen LogP) is 3.07. The Balaban J connectivity index is 1.71. The fourth-order valence-corrected chi connectivity index (χ4v) is 3.39. The van der Waals surface area contributed by atoms with E-state index in [9.17, 15) is 4.79 Å². The van der Waals surface area contributed by atoms with E-state index >= 15 is 0 Å². The van der Waals surface area contributed by atoms with Crippen molar-refractivity contribution in [3.05, 3.63) is 83.2 Å². The quantitative estimate of drug-likeness (QED) is 0.549. The van der Waals surface area contributed by atoms with E-state index in [0.717, 1.165) is 27.6 Å². The van der Waals surface area contributed by atoms with Crippen LogP contribution in [-0.4, -0.2) is 25.9 Å². The number of hydrogen-bond acceptors (Lipinski definition) is 5. The van der Waals surface area contributed by atoms with E-state index in [1.807, 2.05) is 62.4 Å². The normalized spacial score (nSPS) is 12.1. The van der Waals surface area contributed by atoms with Crippen molar-refractivity contribution < 1.29 is 4.79 Å². The molecule has 7 nitrogen and oxygen atoms in total. The molecular formula is C22H22N6O. The van der Waals surface area contributed by atoms with E-state index in [1.165, 1.54) is 0 Å². The second-order valence-corrected chi connectivity index (χ2v) is 6.98. The molecule has 0 aliphatic carbocycles. The summed E-state index contributed by atoms with van der Waals surface area (Å²) in [4.78, 5) is 17.6. The Bertz CT molecular complexity index is 1170. The van der Waals surface area contributed by atoms with Crippen LogP contribution < -0.4 is 11.1 Å². The summed E-state index contributed by atoms with van der Waals surface area (Å²) in [5.41, 5.74) is 10.00. The van der Waals surface area contributed by atoms with Crippen molar-refractivity contribution in [2.75, 3.05) is 0 Å². The molecule has 0 saturated carbocycles. The zero-order valence-corrected chi connectivity index (χ0v) is 16.3. The van der Waals surface area contributed by atoms with E-state index in [4.69, 9.17) is 5.73 Å². The smallest absolute Gasteiger partial charge is 0.252 e. The molecule has 2 aromatic heterocycles. The SMILES string of the molecule is Cc1ccc(CN)cc1C(=O)NC(C)c1cc(-n2ccnn2)nc2ccccc12. The van der Waals surface area contributed by atoms with Crippen molar-refractivity contribution in [2.24, 2.45) is 5.73 Å². The van der Waals surface area contributed by atoms with Crippen LogP contribution in [0, 0.1) is 6.92 Å². The third-order valence-corrected chi connectivity index (χ3v) is 4.99. The lowest BCUT2D eigenvalue weighted by Gasteiger charge is -2.18. The number of carbonyl (C=O) groups is 1. The summed E-state index contributed by atoms with van der Waals surface area (Å²) in [7, 11) is 0. The van der Waals surface area contributed by atoms with Gasteiger partial charge in [-0.3, -0.25) is 4.79 Å². The predicted molar refractivity (Wildman–Crippen MR) is 112 cm³/mol. The monoisotopic (exact) mass is 386 g/mol. The van der Waals surface area contributed by atoms with Gasteiger partial charge < -0.3 is 11.1 Å². The summed E-state index contributed by atoms with van der Waals surface area (Å²) in [6, 6.07) is 15.3. The van der Waals surface area contributed by atoms with Gasteiger partial charge in [0.2, 0.25) is 0 Å². The van der Waals surface area contributed by atoms with E-state index < -0.39 is 0 Å². The molecule has 7 heteroatoms. The van der Waals surface area contributed by atoms with Gasteiger partial charge in [0.15, 0.2) is 5.82 Å². The molecule has 0 fully saturated rings. The Morgan fingerprint density at radius 1 is 1.21 bits per heavy atom. The van der Waals surface area contributed by atoms with Crippen molar-refractivity contribution in [3.63, 3.8) is 0 Å². The summed E-state index contributed by atoms with van der Waals surface area (Å²) < 4.78 is 1.61. The number of pyridine rings is 1. The number of nitrogens with two attached hydrogens (primary N) is 1. The molecular weight excluding hydrogens is 364 g/mol. The van der Waals surface area contributed by atoms with Gasteiger partial charge in [-0.25, -0.2) is 9.67 Å². The number of carbonyl (C=O) groups excluding carboxylic acids is 1. The number of hydrogen-bond donors (Lipinski definition) is 2. The van der Waals surface area contributed by atoms with Gasteiger partial charge in [0.05, 0.1) is 24.0 Å². The molecule has 1 unspecified atom stereocenters. The van der Waals surface area contributed by atoms with Crippen LogP contribution in [0.3, 0.4) is 0 Å². The van der Waals surface area contributed by atoms with Crippen LogP contribution in [0.2, 0.25) is 0 Å². The van der Waals surface area contributed by atoms with Crippen LogP contribution in [-0.2, 0) is 6.54 Å². The first-order valence-corrected chi connectivity index (χ1v) is 9.43. The maximum Gasteiger partial charge on any atom is 0.252 e. The van der Waals surface area contributed by atoms with Gasteiger partial charge in [0.25, 0.3) is 5.91 Å². The number of para-hydroxylation sites is 1. The van der Waals surface area contributed by atoms with Crippen LogP contribution in [0.4, 0.5) is 0 Å². The second-order valence-electron chi connectivity index (χ2n) is 6.98. The standard InChI is InChI=1S/C22H22N6O/c1-14-7-8-16(13-23)11-18(14)22(29)25-15(2)19-12-21(28-10-9-24-27-28)26-20-6-4-3-5-17(19)20/h3-12,15H,13,23H2,1-2H3,(H,25,29). The molecule has 4 rings (SSSR count).